The van der Waals surface area contributed by atoms with Crippen molar-refractivity contribution in [1.29, 1.82) is 0 Å². The van der Waals surface area contributed by atoms with E-state index in [4.69, 9.17) is 23.2 Å². The van der Waals surface area contributed by atoms with Gasteiger partial charge in [0, 0.05) is 0 Å². The minimum Gasteiger partial charge on any atom is -0.258 e. The van der Waals surface area contributed by atoms with E-state index in [0.717, 1.165) is 10.9 Å². The Kier molecular flexibility index (Phi) is 4.37. The molecule has 22 heavy (non-hydrogen) atoms. The Bertz CT molecular complexity index is 779. The molecule has 0 N–H and O–H groups in total. The van der Waals surface area contributed by atoms with Gasteiger partial charge < -0.3 is 0 Å². The first-order valence-corrected chi connectivity index (χ1v) is 6.73. The minimum absolute atomic E-state index is 0.250. The highest BCUT2D eigenvalue weighted by atomic mass is 79.9. The third-order valence-electron chi connectivity index (χ3n) is 2.54. The normalized spacial score (nSPS) is 11.8. The number of hydrogen-bond donors (Lipinski definition) is 0. The van der Waals surface area contributed by atoms with Gasteiger partial charge in [0.05, 0.1) is 15.5 Å². The van der Waals surface area contributed by atoms with Crippen molar-refractivity contribution in [2.75, 3.05) is 0 Å². The summed E-state index contributed by atoms with van der Waals surface area (Å²) in [6, 6.07) is 0.331. The Morgan fingerprint density at radius 1 is 1.36 bits per heavy atom. The van der Waals surface area contributed by atoms with Gasteiger partial charge in [-0.05, 0) is 22.0 Å². The molecule has 0 atom stereocenters. The number of rotatable bonds is 2. The molecule has 0 radical (unpaired) electrons. The summed E-state index contributed by atoms with van der Waals surface area (Å²) in [7, 11) is 0. The molecule has 0 aliphatic heterocycles. The van der Waals surface area contributed by atoms with Gasteiger partial charge in [0.1, 0.15) is 16.9 Å². The standard InChI is InChI=1S/C10H2BrCl2F4N3O2/c11-9-5(20(21)22)2-18-19(9)8-4(12)1-3(10(15,16)17)7(14)6(8)13/h1-2H. The first-order chi connectivity index (χ1) is 10.1. The first-order valence-electron chi connectivity index (χ1n) is 5.18. The molecule has 1 aromatic carbocycles. The zero-order valence-electron chi connectivity index (χ0n) is 9.96. The van der Waals surface area contributed by atoms with Crippen LogP contribution in [-0.4, -0.2) is 14.7 Å². The lowest BCUT2D eigenvalue weighted by atomic mass is 10.2. The lowest BCUT2D eigenvalue weighted by Gasteiger charge is -2.14. The van der Waals surface area contributed by atoms with Gasteiger partial charge in [0.25, 0.3) is 0 Å². The molecule has 1 heterocycles. The summed E-state index contributed by atoms with van der Waals surface area (Å²) in [6.45, 7) is 0. The molecule has 0 unspecified atom stereocenters. The molecule has 0 aliphatic rings. The Morgan fingerprint density at radius 2 is 1.95 bits per heavy atom. The van der Waals surface area contributed by atoms with Crippen LogP contribution in [0.15, 0.2) is 16.9 Å². The lowest BCUT2D eigenvalue weighted by molar-refractivity contribution is -0.385. The van der Waals surface area contributed by atoms with Crippen LogP contribution in [0.3, 0.4) is 0 Å². The molecule has 2 rings (SSSR count). The van der Waals surface area contributed by atoms with Crippen LogP contribution in [0.5, 0.6) is 0 Å². The molecule has 0 amide bonds. The second-order valence-electron chi connectivity index (χ2n) is 3.87. The molecule has 1 aromatic heterocycles. The molecule has 0 fully saturated rings. The molecule has 0 saturated heterocycles. The number of alkyl halides is 3. The molecular weight excluding hydrogens is 421 g/mol. The Morgan fingerprint density at radius 3 is 2.41 bits per heavy atom. The number of nitro groups is 1. The van der Waals surface area contributed by atoms with Crippen molar-refractivity contribution in [2.24, 2.45) is 0 Å². The van der Waals surface area contributed by atoms with Crippen molar-refractivity contribution in [3.05, 3.63) is 48.4 Å². The third-order valence-corrected chi connectivity index (χ3v) is 3.92. The van der Waals surface area contributed by atoms with Crippen LogP contribution in [0.4, 0.5) is 23.2 Å². The summed E-state index contributed by atoms with van der Waals surface area (Å²) >= 11 is 14.1. The van der Waals surface area contributed by atoms with Gasteiger partial charge in [0.2, 0.25) is 0 Å². The predicted octanol–water partition coefficient (Wildman–Crippen LogP) is 5.01. The van der Waals surface area contributed by atoms with Gasteiger partial charge in [-0.2, -0.15) is 18.3 Å². The monoisotopic (exact) mass is 421 g/mol. The third kappa shape index (κ3) is 2.77. The topological polar surface area (TPSA) is 61.0 Å². The summed E-state index contributed by atoms with van der Waals surface area (Å²) < 4.78 is 52.3. The van der Waals surface area contributed by atoms with Gasteiger partial charge in [0.15, 0.2) is 10.4 Å². The van der Waals surface area contributed by atoms with E-state index in [1.54, 1.807) is 0 Å². The Hall–Kier alpha value is -1.39. The number of benzene rings is 1. The number of hydrogen-bond acceptors (Lipinski definition) is 3. The average Bonchev–Trinajstić information content (AvgIpc) is 2.75. The van der Waals surface area contributed by atoms with Gasteiger partial charge >= 0.3 is 11.9 Å². The van der Waals surface area contributed by atoms with Crippen molar-refractivity contribution < 1.29 is 22.5 Å². The van der Waals surface area contributed by atoms with E-state index in [-0.39, 0.29) is 4.60 Å². The molecule has 0 saturated carbocycles. The molecule has 0 bridgehead atoms. The van der Waals surface area contributed by atoms with Gasteiger partial charge in [-0.3, -0.25) is 10.1 Å². The number of halogens is 7. The van der Waals surface area contributed by atoms with E-state index in [9.17, 15) is 27.7 Å². The lowest BCUT2D eigenvalue weighted by Crippen LogP contribution is -2.11. The van der Waals surface area contributed by atoms with Crippen molar-refractivity contribution in [3.8, 4) is 5.69 Å². The van der Waals surface area contributed by atoms with Crippen molar-refractivity contribution in [1.82, 2.24) is 9.78 Å². The van der Waals surface area contributed by atoms with Gasteiger partial charge in [-0.25, -0.2) is 9.07 Å². The van der Waals surface area contributed by atoms with E-state index < -0.39 is 43.9 Å². The maximum absolute atomic E-state index is 13.8. The molecule has 5 nitrogen and oxygen atoms in total. The van der Waals surface area contributed by atoms with Crippen molar-refractivity contribution in [3.63, 3.8) is 0 Å². The minimum atomic E-state index is -5.00. The highest BCUT2D eigenvalue weighted by Gasteiger charge is 2.37. The highest BCUT2D eigenvalue weighted by molar-refractivity contribution is 9.10. The van der Waals surface area contributed by atoms with Crippen LogP contribution in [0.25, 0.3) is 5.69 Å². The summed E-state index contributed by atoms with van der Waals surface area (Å²) in [5.41, 5.74) is -2.59. The molecule has 2 aromatic rings. The largest absolute Gasteiger partial charge is 0.419 e. The van der Waals surface area contributed by atoms with Crippen LogP contribution >= 0.6 is 39.1 Å². The molecule has 118 valence electrons. The van der Waals surface area contributed by atoms with Crippen molar-refractivity contribution >= 4 is 44.8 Å². The second kappa shape index (κ2) is 5.67. The van der Waals surface area contributed by atoms with Crippen LogP contribution < -0.4 is 0 Å². The molecular formula is C10H2BrCl2F4N3O2. The van der Waals surface area contributed by atoms with Crippen LogP contribution in [0, 0.1) is 15.9 Å². The molecule has 0 aliphatic carbocycles. The summed E-state index contributed by atoms with van der Waals surface area (Å²) in [5.74, 6) is -1.75. The highest BCUT2D eigenvalue weighted by Crippen LogP contribution is 2.41. The van der Waals surface area contributed by atoms with Crippen LogP contribution in [0.2, 0.25) is 10.0 Å². The van der Waals surface area contributed by atoms with Gasteiger partial charge in [-0.1, -0.05) is 23.2 Å². The Balaban J connectivity index is 2.73. The van der Waals surface area contributed by atoms with Crippen LogP contribution in [-0.2, 0) is 6.18 Å². The maximum Gasteiger partial charge on any atom is 0.419 e. The smallest absolute Gasteiger partial charge is 0.258 e. The number of aromatic nitrogens is 2. The van der Waals surface area contributed by atoms with E-state index >= 15 is 0 Å². The fourth-order valence-corrected chi connectivity index (χ4v) is 2.72. The maximum atomic E-state index is 13.8. The van der Waals surface area contributed by atoms with Gasteiger partial charge in [-0.15, -0.1) is 0 Å². The fraction of sp³-hybridized carbons (Fsp3) is 0.100. The Labute approximate surface area is 137 Å². The van der Waals surface area contributed by atoms with E-state index in [1.165, 1.54) is 0 Å². The quantitative estimate of drug-likeness (QED) is 0.296. The van der Waals surface area contributed by atoms with E-state index in [0.29, 0.717) is 6.07 Å². The van der Waals surface area contributed by atoms with Crippen LogP contribution in [0.1, 0.15) is 5.56 Å². The summed E-state index contributed by atoms with van der Waals surface area (Å²) in [6.07, 6.45) is -4.18. The van der Waals surface area contributed by atoms with E-state index in [2.05, 4.69) is 21.0 Å². The molecule has 12 heteroatoms. The SMILES string of the molecule is O=[N+]([O-])c1cnn(-c2c(Cl)cc(C(F)(F)F)c(F)c2Cl)c1Br. The summed E-state index contributed by atoms with van der Waals surface area (Å²) in [5, 5.41) is 12.8. The zero-order chi connectivity index (χ0) is 16.8. The van der Waals surface area contributed by atoms with E-state index in [1.807, 2.05) is 0 Å². The summed E-state index contributed by atoms with van der Waals surface area (Å²) in [4.78, 5) is 9.93. The second-order valence-corrected chi connectivity index (χ2v) is 5.41. The zero-order valence-corrected chi connectivity index (χ0v) is 13.1. The average molecular weight is 423 g/mol. The molecule has 0 spiro atoms. The van der Waals surface area contributed by atoms with Crippen molar-refractivity contribution in [2.45, 2.75) is 6.18 Å². The number of nitrogens with zero attached hydrogens (tertiary/aromatic N) is 3. The predicted molar refractivity (Wildman–Crippen MR) is 72.9 cm³/mol. The fourth-order valence-electron chi connectivity index (χ4n) is 1.59. The first kappa shape index (κ1) is 17.0.